The Balaban J connectivity index is 2.06. The van der Waals surface area contributed by atoms with Crippen molar-refractivity contribution < 1.29 is 28.8 Å². The number of carbonyl (C=O) groups is 6. The van der Waals surface area contributed by atoms with Gasteiger partial charge in [0.1, 0.15) is 6.04 Å². The van der Waals surface area contributed by atoms with E-state index in [-0.39, 0.29) is 19.4 Å². The first-order valence-electron chi connectivity index (χ1n) is 7.88. The molecule has 1 unspecified atom stereocenters. The van der Waals surface area contributed by atoms with E-state index in [0.29, 0.717) is 0 Å². The summed E-state index contributed by atoms with van der Waals surface area (Å²) in [5.41, 5.74) is 5.07. The number of amides is 6. The second kappa shape index (κ2) is 7.72. The fourth-order valence-electron chi connectivity index (χ4n) is 2.58. The molecule has 10 heteroatoms. The standard InChI is InChI=1S/C16H18N4O6/c1-9(16(17)26)18-11(21)3-2-10(20-14(24)6-7-15(20)25)8-19-12(22)4-5-13(19)23/h4-7,9-10H,2-3,8H2,1H3,(H2,17,26)(H,18,21)/t9-,10?/m0/s1. The summed E-state index contributed by atoms with van der Waals surface area (Å²) in [6.07, 6.45) is 4.21. The lowest BCUT2D eigenvalue weighted by Gasteiger charge is -2.29. The normalized spacial score (nSPS) is 18.7. The van der Waals surface area contributed by atoms with Crippen LogP contribution in [0.3, 0.4) is 0 Å². The van der Waals surface area contributed by atoms with Crippen LogP contribution in [-0.4, -0.2) is 63.9 Å². The second-order valence-electron chi connectivity index (χ2n) is 5.88. The van der Waals surface area contributed by atoms with Gasteiger partial charge >= 0.3 is 0 Å². The minimum absolute atomic E-state index is 0.00748. The van der Waals surface area contributed by atoms with Crippen molar-refractivity contribution >= 4 is 35.4 Å². The van der Waals surface area contributed by atoms with Crippen molar-refractivity contribution in [2.24, 2.45) is 5.73 Å². The highest BCUT2D eigenvalue weighted by atomic mass is 16.2. The van der Waals surface area contributed by atoms with Gasteiger partial charge in [0.05, 0.1) is 12.6 Å². The molecular formula is C16H18N4O6. The topological polar surface area (TPSA) is 147 Å². The van der Waals surface area contributed by atoms with Crippen molar-refractivity contribution in [1.82, 2.24) is 15.1 Å². The van der Waals surface area contributed by atoms with E-state index in [1.165, 1.54) is 6.92 Å². The van der Waals surface area contributed by atoms with E-state index in [4.69, 9.17) is 5.73 Å². The molecule has 0 fully saturated rings. The van der Waals surface area contributed by atoms with Gasteiger partial charge in [-0.25, -0.2) is 0 Å². The summed E-state index contributed by atoms with van der Waals surface area (Å²) in [6.45, 7) is 1.20. The molecule has 6 amide bonds. The van der Waals surface area contributed by atoms with Gasteiger partial charge < -0.3 is 11.1 Å². The molecule has 0 spiro atoms. The van der Waals surface area contributed by atoms with Crippen molar-refractivity contribution in [3.05, 3.63) is 24.3 Å². The molecule has 2 heterocycles. The second-order valence-corrected chi connectivity index (χ2v) is 5.88. The van der Waals surface area contributed by atoms with Crippen LogP contribution in [-0.2, 0) is 28.8 Å². The first-order valence-corrected chi connectivity index (χ1v) is 7.88. The number of rotatable bonds is 8. The Morgan fingerprint density at radius 1 is 1.00 bits per heavy atom. The van der Waals surface area contributed by atoms with Crippen molar-refractivity contribution in [1.29, 1.82) is 0 Å². The van der Waals surface area contributed by atoms with Gasteiger partial charge in [0.25, 0.3) is 23.6 Å². The van der Waals surface area contributed by atoms with Gasteiger partial charge in [-0.2, -0.15) is 0 Å². The summed E-state index contributed by atoms with van der Waals surface area (Å²) in [5.74, 6) is -3.50. The first kappa shape index (κ1) is 19.0. The molecule has 2 atom stereocenters. The zero-order chi connectivity index (χ0) is 19.4. The molecule has 0 bridgehead atoms. The Labute approximate surface area is 148 Å². The average Bonchev–Trinajstić information content (AvgIpc) is 3.06. The maximum Gasteiger partial charge on any atom is 0.253 e. The fraction of sp³-hybridized carbons (Fsp3) is 0.375. The van der Waals surface area contributed by atoms with Gasteiger partial charge in [-0.15, -0.1) is 0 Å². The molecule has 0 saturated carbocycles. The lowest BCUT2D eigenvalue weighted by atomic mass is 10.1. The summed E-state index contributed by atoms with van der Waals surface area (Å²) in [7, 11) is 0. The van der Waals surface area contributed by atoms with Gasteiger partial charge in [-0.3, -0.25) is 38.6 Å². The smallest absolute Gasteiger partial charge is 0.253 e. The molecule has 2 rings (SSSR count). The predicted molar refractivity (Wildman–Crippen MR) is 86.7 cm³/mol. The van der Waals surface area contributed by atoms with E-state index in [1.54, 1.807) is 0 Å². The Hall–Kier alpha value is -3.30. The van der Waals surface area contributed by atoms with Gasteiger partial charge in [0.2, 0.25) is 11.8 Å². The number of hydrogen-bond acceptors (Lipinski definition) is 6. The summed E-state index contributed by atoms with van der Waals surface area (Å²) >= 11 is 0. The van der Waals surface area contributed by atoms with Crippen molar-refractivity contribution in [2.75, 3.05) is 6.54 Å². The zero-order valence-corrected chi connectivity index (χ0v) is 14.0. The van der Waals surface area contributed by atoms with Crippen LogP contribution in [0.5, 0.6) is 0 Å². The highest BCUT2D eigenvalue weighted by molar-refractivity contribution is 6.14. The van der Waals surface area contributed by atoms with Gasteiger partial charge in [0, 0.05) is 30.7 Å². The molecule has 10 nitrogen and oxygen atoms in total. The third kappa shape index (κ3) is 4.21. The third-order valence-electron chi connectivity index (χ3n) is 4.01. The molecule has 0 aromatic heterocycles. The number of nitrogens with two attached hydrogens (primary N) is 1. The minimum atomic E-state index is -0.872. The summed E-state index contributed by atoms with van der Waals surface area (Å²) < 4.78 is 0. The third-order valence-corrected chi connectivity index (χ3v) is 4.01. The summed E-state index contributed by atoms with van der Waals surface area (Å²) in [4.78, 5) is 72.0. The highest BCUT2D eigenvalue weighted by Gasteiger charge is 2.35. The Morgan fingerprint density at radius 2 is 1.50 bits per heavy atom. The van der Waals surface area contributed by atoms with Crippen LogP contribution in [0.25, 0.3) is 0 Å². The van der Waals surface area contributed by atoms with Crippen LogP contribution in [0.4, 0.5) is 0 Å². The molecule has 3 N–H and O–H groups in total. The number of nitrogens with one attached hydrogen (secondary N) is 1. The van der Waals surface area contributed by atoms with E-state index in [1.807, 2.05) is 0 Å². The van der Waals surface area contributed by atoms with Gasteiger partial charge in [0.15, 0.2) is 0 Å². The molecule has 2 aliphatic heterocycles. The maximum atomic E-state index is 11.9. The Kier molecular flexibility index (Phi) is 5.65. The van der Waals surface area contributed by atoms with Crippen LogP contribution in [0.2, 0.25) is 0 Å². The molecule has 0 aromatic carbocycles. The number of carbonyl (C=O) groups excluding carboxylic acids is 6. The lowest BCUT2D eigenvalue weighted by Crippen LogP contribution is -2.49. The SMILES string of the molecule is C[C@H](NC(=O)CCC(CN1C(=O)C=CC1=O)N1C(=O)C=CC1=O)C(N)=O. The molecule has 0 aliphatic carbocycles. The van der Waals surface area contributed by atoms with Gasteiger partial charge in [-0.1, -0.05) is 0 Å². The summed E-state index contributed by atoms with van der Waals surface area (Å²) in [5, 5.41) is 2.38. The average molecular weight is 362 g/mol. The van der Waals surface area contributed by atoms with Crippen LogP contribution in [0, 0.1) is 0 Å². The van der Waals surface area contributed by atoms with Gasteiger partial charge in [-0.05, 0) is 13.3 Å². The van der Waals surface area contributed by atoms with Crippen molar-refractivity contribution in [2.45, 2.75) is 31.8 Å². The molecule has 0 aromatic rings. The number of primary amides is 1. The zero-order valence-electron chi connectivity index (χ0n) is 14.0. The number of imide groups is 2. The largest absolute Gasteiger partial charge is 0.368 e. The minimum Gasteiger partial charge on any atom is -0.368 e. The van der Waals surface area contributed by atoms with E-state index in [9.17, 15) is 28.8 Å². The van der Waals surface area contributed by atoms with Crippen LogP contribution in [0.1, 0.15) is 19.8 Å². The monoisotopic (exact) mass is 362 g/mol. The van der Waals surface area contributed by atoms with E-state index in [2.05, 4.69) is 5.32 Å². The van der Waals surface area contributed by atoms with E-state index in [0.717, 1.165) is 34.1 Å². The molecule has 0 saturated heterocycles. The summed E-state index contributed by atoms with van der Waals surface area (Å²) in [6, 6.07) is -1.74. The van der Waals surface area contributed by atoms with Crippen LogP contribution in [0.15, 0.2) is 24.3 Å². The maximum absolute atomic E-state index is 11.9. The Morgan fingerprint density at radius 3 is 2.00 bits per heavy atom. The molecule has 2 aliphatic rings. The van der Waals surface area contributed by atoms with Crippen molar-refractivity contribution in [3.63, 3.8) is 0 Å². The first-order chi connectivity index (χ1) is 12.2. The predicted octanol–water partition coefficient (Wildman–Crippen LogP) is -2.02. The number of nitrogens with zero attached hydrogens (tertiary/aromatic N) is 2. The fourth-order valence-corrected chi connectivity index (χ4v) is 2.58. The number of hydrogen-bond donors (Lipinski definition) is 2. The highest BCUT2D eigenvalue weighted by Crippen LogP contribution is 2.17. The lowest BCUT2D eigenvalue weighted by molar-refractivity contribution is -0.145. The van der Waals surface area contributed by atoms with Crippen LogP contribution < -0.4 is 11.1 Å². The van der Waals surface area contributed by atoms with Crippen LogP contribution >= 0.6 is 0 Å². The molecule has 0 radical (unpaired) electrons. The van der Waals surface area contributed by atoms with E-state index < -0.39 is 47.5 Å². The van der Waals surface area contributed by atoms with E-state index >= 15 is 0 Å². The molecule has 138 valence electrons. The van der Waals surface area contributed by atoms with Crippen molar-refractivity contribution in [3.8, 4) is 0 Å². The molecule has 26 heavy (non-hydrogen) atoms. The Bertz CT molecular complexity index is 705. The molecular weight excluding hydrogens is 344 g/mol. The quantitative estimate of drug-likeness (QED) is 0.476.